The minimum absolute atomic E-state index is 0.0377. The highest BCUT2D eigenvalue weighted by molar-refractivity contribution is 5.80. The van der Waals surface area contributed by atoms with Crippen LogP contribution in [0.1, 0.15) is 29.9 Å². The zero-order valence-corrected chi connectivity index (χ0v) is 20.8. The van der Waals surface area contributed by atoms with E-state index >= 15 is 0 Å². The van der Waals surface area contributed by atoms with Crippen LogP contribution in [0.5, 0.6) is 0 Å². The van der Waals surface area contributed by atoms with E-state index in [-0.39, 0.29) is 17.9 Å². The van der Waals surface area contributed by atoms with Crippen molar-refractivity contribution in [3.8, 4) is 11.8 Å². The number of carbonyl (C=O) groups excluding carboxylic acids is 1. The first-order valence-corrected chi connectivity index (χ1v) is 11.9. The van der Waals surface area contributed by atoms with Gasteiger partial charge in [0.05, 0.1) is 40.7 Å². The van der Waals surface area contributed by atoms with Crippen molar-refractivity contribution in [1.29, 1.82) is 5.26 Å². The van der Waals surface area contributed by atoms with Gasteiger partial charge in [-0.25, -0.2) is 4.98 Å². The zero-order chi connectivity index (χ0) is 25.7. The molecule has 1 aromatic heterocycles. The number of para-hydroxylation sites is 1. The van der Waals surface area contributed by atoms with Crippen LogP contribution < -0.4 is 5.56 Å². The predicted octanol–water partition coefficient (Wildman–Crippen LogP) is 3.95. The van der Waals surface area contributed by atoms with Gasteiger partial charge in [0, 0.05) is 13.1 Å². The lowest BCUT2D eigenvalue weighted by atomic mass is 10.1. The summed E-state index contributed by atoms with van der Waals surface area (Å²) >= 11 is 0. The Morgan fingerprint density at radius 1 is 0.972 bits per heavy atom. The van der Waals surface area contributed by atoms with Crippen molar-refractivity contribution in [3.05, 3.63) is 106 Å². The van der Waals surface area contributed by atoms with Gasteiger partial charge >= 0.3 is 0 Å². The molecule has 0 N–H and O–H groups in total. The van der Waals surface area contributed by atoms with Gasteiger partial charge in [-0.05, 0) is 63.0 Å². The van der Waals surface area contributed by atoms with Crippen LogP contribution in [0.2, 0.25) is 0 Å². The zero-order valence-electron chi connectivity index (χ0n) is 20.8. The maximum absolute atomic E-state index is 13.7. The number of nitriles is 1. The molecule has 4 rings (SSSR count). The highest BCUT2D eigenvalue weighted by Gasteiger charge is 2.27. The summed E-state index contributed by atoms with van der Waals surface area (Å²) in [6.07, 6.45) is 0.257. The third-order valence-electron chi connectivity index (χ3n) is 6.20. The number of benzene rings is 3. The molecule has 0 aliphatic carbocycles. The summed E-state index contributed by atoms with van der Waals surface area (Å²) in [4.78, 5) is 36.0. The molecule has 0 fully saturated rings. The SMILES string of the molecule is CC(c1nc2ccccc2c(=O)n1-c1ccc(C#N)cc1)N(CCN(C)C)C(=O)Cc1ccccc1. The smallest absolute Gasteiger partial charge is 0.266 e. The molecule has 0 bridgehead atoms. The molecule has 0 saturated heterocycles. The second kappa shape index (κ2) is 11.0. The Kier molecular flexibility index (Phi) is 7.57. The van der Waals surface area contributed by atoms with E-state index in [0.29, 0.717) is 41.1 Å². The number of likely N-dealkylation sites (N-methyl/N-ethyl adjacent to an activating group) is 1. The molecule has 0 aliphatic rings. The number of fused-ring (bicyclic) bond motifs is 1. The molecule has 0 radical (unpaired) electrons. The monoisotopic (exact) mass is 479 g/mol. The Labute approximate surface area is 210 Å². The van der Waals surface area contributed by atoms with Crippen LogP contribution in [-0.4, -0.2) is 52.4 Å². The molecule has 4 aromatic rings. The molecule has 3 aromatic carbocycles. The van der Waals surface area contributed by atoms with Gasteiger partial charge in [0.1, 0.15) is 5.82 Å². The van der Waals surface area contributed by atoms with Crippen LogP contribution in [0, 0.1) is 11.3 Å². The van der Waals surface area contributed by atoms with Crippen molar-refractivity contribution in [1.82, 2.24) is 19.4 Å². The number of aromatic nitrogens is 2. The van der Waals surface area contributed by atoms with Crippen molar-refractivity contribution < 1.29 is 4.79 Å². The van der Waals surface area contributed by atoms with Gasteiger partial charge < -0.3 is 9.80 Å². The first-order valence-electron chi connectivity index (χ1n) is 11.9. The average molecular weight is 480 g/mol. The van der Waals surface area contributed by atoms with Crippen LogP contribution in [0.15, 0.2) is 83.7 Å². The quantitative estimate of drug-likeness (QED) is 0.382. The molecule has 36 heavy (non-hydrogen) atoms. The van der Waals surface area contributed by atoms with Crippen LogP contribution in [-0.2, 0) is 11.2 Å². The van der Waals surface area contributed by atoms with E-state index in [9.17, 15) is 14.9 Å². The Bertz CT molecular complexity index is 1450. The van der Waals surface area contributed by atoms with Gasteiger partial charge in [-0.15, -0.1) is 0 Å². The predicted molar refractivity (Wildman–Crippen MR) is 141 cm³/mol. The fourth-order valence-electron chi connectivity index (χ4n) is 4.22. The van der Waals surface area contributed by atoms with Crippen molar-refractivity contribution in [2.24, 2.45) is 0 Å². The molecule has 0 spiro atoms. The van der Waals surface area contributed by atoms with Gasteiger partial charge in [0.2, 0.25) is 5.91 Å². The van der Waals surface area contributed by atoms with Crippen molar-refractivity contribution in [2.45, 2.75) is 19.4 Å². The van der Waals surface area contributed by atoms with Crippen LogP contribution in [0.3, 0.4) is 0 Å². The first kappa shape index (κ1) is 24.8. The third kappa shape index (κ3) is 5.35. The second-order valence-electron chi connectivity index (χ2n) is 9.02. The topological polar surface area (TPSA) is 82.2 Å². The van der Waals surface area contributed by atoms with E-state index in [4.69, 9.17) is 4.98 Å². The summed E-state index contributed by atoms with van der Waals surface area (Å²) in [6.45, 7) is 3.06. The number of carbonyl (C=O) groups is 1. The van der Waals surface area contributed by atoms with Crippen molar-refractivity contribution >= 4 is 16.8 Å². The van der Waals surface area contributed by atoms with Crippen molar-refractivity contribution in [2.75, 3.05) is 27.2 Å². The molecule has 1 unspecified atom stereocenters. The third-order valence-corrected chi connectivity index (χ3v) is 6.20. The normalized spacial score (nSPS) is 11.9. The summed E-state index contributed by atoms with van der Waals surface area (Å²) in [5.74, 6) is 0.438. The standard InChI is InChI=1S/C29H29N5O2/c1-21(33(18-17-32(2)3)27(35)19-22-9-5-4-6-10-22)28-31-26-12-8-7-11-25(26)29(36)34(28)24-15-13-23(20-30)14-16-24/h4-16,21H,17-19H2,1-3H3. The maximum Gasteiger partial charge on any atom is 0.266 e. The Morgan fingerprint density at radius 2 is 1.64 bits per heavy atom. The summed E-state index contributed by atoms with van der Waals surface area (Å²) in [5, 5.41) is 9.71. The number of hydrogen-bond donors (Lipinski definition) is 0. The van der Waals surface area contributed by atoms with Crippen LogP contribution in [0.4, 0.5) is 0 Å². The average Bonchev–Trinajstić information content (AvgIpc) is 2.89. The van der Waals surface area contributed by atoms with Gasteiger partial charge in [-0.2, -0.15) is 5.26 Å². The molecular formula is C29H29N5O2. The highest BCUT2D eigenvalue weighted by atomic mass is 16.2. The van der Waals surface area contributed by atoms with E-state index in [1.54, 1.807) is 39.8 Å². The molecule has 7 heteroatoms. The maximum atomic E-state index is 13.7. The number of amides is 1. The van der Waals surface area contributed by atoms with Crippen molar-refractivity contribution in [3.63, 3.8) is 0 Å². The first-order chi connectivity index (χ1) is 17.4. The molecule has 1 atom stereocenters. The fourth-order valence-corrected chi connectivity index (χ4v) is 4.22. The van der Waals surface area contributed by atoms with Gasteiger partial charge in [-0.1, -0.05) is 42.5 Å². The molecule has 1 heterocycles. The van der Waals surface area contributed by atoms with E-state index in [0.717, 1.165) is 5.56 Å². The second-order valence-corrected chi connectivity index (χ2v) is 9.02. The van der Waals surface area contributed by atoms with Crippen LogP contribution in [0.25, 0.3) is 16.6 Å². The summed E-state index contributed by atoms with van der Waals surface area (Å²) in [5.41, 5.74) is 2.40. The lowest BCUT2D eigenvalue weighted by Gasteiger charge is -2.31. The molecule has 7 nitrogen and oxygen atoms in total. The van der Waals surface area contributed by atoms with Gasteiger partial charge in [0.15, 0.2) is 0 Å². The molecule has 182 valence electrons. The van der Waals surface area contributed by atoms with E-state index in [1.807, 2.05) is 74.4 Å². The Balaban J connectivity index is 1.84. The number of rotatable bonds is 8. The summed E-state index contributed by atoms with van der Waals surface area (Å²) in [7, 11) is 3.93. The van der Waals surface area contributed by atoms with E-state index in [2.05, 4.69) is 6.07 Å². The van der Waals surface area contributed by atoms with E-state index < -0.39 is 6.04 Å². The minimum atomic E-state index is -0.478. The van der Waals surface area contributed by atoms with E-state index in [1.165, 1.54) is 0 Å². The highest BCUT2D eigenvalue weighted by Crippen LogP contribution is 2.24. The molecule has 0 aliphatic heterocycles. The summed E-state index contributed by atoms with van der Waals surface area (Å²) in [6, 6.07) is 25.3. The van der Waals surface area contributed by atoms with Gasteiger partial charge in [0.25, 0.3) is 5.56 Å². The molecule has 1 amide bonds. The Morgan fingerprint density at radius 3 is 2.31 bits per heavy atom. The lowest BCUT2D eigenvalue weighted by Crippen LogP contribution is -2.41. The fraction of sp³-hybridized carbons (Fsp3) is 0.241. The van der Waals surface area contributed by atoms with Crippen LogP contribution >= 0.6 is 0 Å². The molecule has 0 saturated carbocycles. The summed E-state index contributed by atoms with van der Waals surface area (Å²) < 4.78 is 1.56. The van der Waals surface area contributed by atoms with Gasteiger partial charge in [-0.3, -0.25) is 14.2 Å². The lowest BCUT2D eigenvalue weighted by molar-refractivity contribution is -0.133. The molecular weight excluding hydrogens is 450 g/mol. The number of nitrogens with zero attached hydrogens (tertiary/aromatic N) is 5. The number of hydrogen-bond acceptors (Lipinski definition) is 5. The minimum Gasteiger partial charge on any atom is -0.331 e. The largest absolute Gasteiger partial charge is 0.331 e. The Hall–Kier alpha value is -4.28.